The number of benzene rings is 1. The number of aryl methyl sites for hydroxylation is 2. The van der Waals surface area contributed by atoms with Crippen LogP contribution in [0.1, 0.15) is 17.1 Å². The van der Waals surface area contributed by atoms with E-state index < -0.39 is 0 Å². The third kappa shape index (κ3) is 2.40. The van der Waals surface area contributed by atoms with Crippen LogP contribution in [0.2, 0.25) is 0 Å². The molecule has 1 aromatic carbocycles. The molecule has 120 valence electrons. The topological polar surface area (TPSA) is 86.9 Å². The Morgan fingerprint density at radius 1 is 1.04 bits per heavy atom. The normalized spacial score (nSPS) is 11.2. The number of rotatable bonds is 3. The van der Waals surface area contributed by atoms with Gasteiger partial charge in [-0.2, -0.15) is 10.2 Å². The molecule has 0 aliphatic carbocycles. The van der Waals surface area contributed by atoms with Crippen molar-refractivity contribution < 1.29 is 0 Å². The first-order valence-corrected chi connectivity index (χ1v) is 7.67. The van der Waals surface area contributed by atoms with Gasteiger partial charge in [-0.1, -0.05) is 30.3 Å². The van der Waals surface area contributed by atoms with E-state index in [9.17, 15) is 0 Å². The molecule has 0 aliphatic rings. The molecule has 7 nitrogen and oxygen atoms in total. The summed E-state index contributed by atoms with van der Waals surface area (Å²) >= 11 is 0. The minimum absolute atomic E-state index is 0.355. The van der Waals surface area contributed by atoms with E-state index in [0.717, 1.165) is 28.5 Å². The van der Waals surface area contributed by atoms with Crippen molar-refractivity contribution in [3.05, 3.63) is 59.7 Å². The Bertz CT molecular complexity index is 1010. The Labute approximate surface area is 138 Å². The second-order valence-electron chi connectivity index (χ2n) is 5.73. The highest BCUT2D eigenvalue weighted by Gasteiger charge is 2.16. The molecule has 0 radical (unpaired) electrons. The molecule has 4 aromatic rings. The lowest BCUT2D eigenvalue weighted by Crippen LogP contribution is -2.05. The third-order valence-corrected chi connectivity index (χ3v) is 3.93. The maximum atomic E-state index is 6.11. The lowest BCUT2D eigenvalue weighted by Gasteiger charge is -2.05. The smallest absolute Gasteiger partial charge is 0.198 e. The highest BCUT2D eigenvalue weighted by molar-refractivity contribution is 5.67. The predicted molar refractivity (Wildman–Crippen MR) is 91.4 cm³/mol. The van der Waals surface area contributed by atoms with Crippen LogP contribution < -0.4 is 5.73 Å². The Morgan fingerprint density at radius 3 is 2.54 bits per heavy atom. The molecule has 0 bridgehead atoms. The summed E-state index contributed by atoms with van der Waals surface area (Å²) in [7, 11) is 1.87. The zero-order valence-corrected chi connectivity index (χ0v) is 13.5. The van der Waals surface area contributed by atoms with Crippen LogP contribution in [0.25, 0.3) is 17.0 Å². The van der Waals surface area contributed by atoms with Gasteiger partial charge in [-0.3, -0.25) is 4.68 Å². The summed E-state index contributed by atoms with van der Waals surface area (Å²) in [6.45, 7) is 1.95. The SMILES string of the molecule is Cc1c(-c2ccn(C)n2)nc(N)c2nc(Cc3ccccc3)nn12. The maximum absolute atomic E-state index is 6.11. The number of fused-ring (bicyclic) bond motifs is 1. The summed E-state index contributed by atoms with van der Waals surface area (Å²) in [4.78, 5) is 9.03. The van der Waals surface area contributed by atoms with Gasteiger partial charge in [-0.05, 0) is 18.6 Å². The van der Waals surface area contributed by atoms with Crippen molar-refractivity contribution in [2.75, 3.05) is 5.73 Å². The van der Waals surface area contributed by atoms with Crippen molar-refractivity contribution in [2.45, 2.75) is 13.3 Å². The third-order valence-electron chi connectivity index (χ3n) is 3.93. The van der Waals surface area contributed by atoms with Crippen LogP contribution in [0.15, 0.2) is 42.6 Å². The molecule has 2 N–H and O–H groups in total. The van der Waals surface area contributed by atoms with Crippen molar-refractivity contribution in [3.63, 3.8) is 0 Å². The largest absolute Gasteiger partial charge is 0.381 e. The molecule has 0 spiro atoms. The Balaban J connectivity index is 1.81. The lowest BCUT2D eigenvalue weighted by atomic mass is 10.1. The zero-order valence-electron chi connectivity index (χ0n) is 13.5. The Morgan fingerprint density at radius 2 is 1.83 bits per heavy atom. The molecule has 24 heavy (non-hydrogen) atoms. The minimum Gasteiger partial charge on any atom is -0.381 e. The van der Waals surface area contributed by atoms with Crippen molar-refractivity contribution in [1.29, 1.82) is 0 Å². The van der Waals surface area contributed by atoms with Crippen molar-refractivity contribution >= 4 is 11.5 Å². The molecule has 4 rings (SSSR count). The first kappa shape index (κ1) is 14.4. The molecule has 0 saturated carbocycles. The van der Waals surface area contributed by atoms with Crippen LogP contribution in [0.5, 0.6) is 0 Å². The van der Waals surface area contributed by atoms with Crippen LogP contribution in [0, 0.1) is 6.92 Å². The van der Waals surface area contributed by atoms with E-state index in [1.807, 2.05) is 44.4 Å². The van der Waals surface area contributed by atoms with E-state index in [1.165, 1.54) is 0 Å². The Hall–Kier alpha value is -3.22. The number of nitrogen functional groups attached to an aromatic ring is 1. The van der Waals surface area contributed by atoms with Gasteiger partial charge < -0.3 is 5.73 Å². The van der Waals surface area contributed by atoms with Crippen molar-refractivity contribution in [3.8, 4) is 11.4 Å². The summed E-state index contributed by atoms with van der Waals surface area (Å²) in [6, 6.07) is 12.0. The van der Waals surface area contributed by atoms with Crippen LogP contribution in [0.3, 0.4) is 0 Å². The van der Waals surface area contributed by atoms with E-state index in [1.54, 1.807) is 9.20 Å². The van der Waals surface area contributed by atoms with Gasteiger partial charge in [0, 0.05) is 19.7 Å². The quantitative estimate of drug-likeness (QED) is 0.624. The van der Waals surface area contributed by atoms with Gasteiger partial charge >= 0.3 is 0 Å². The Kier molecular flexibility index (Phi) is 3.26. The van der Waals surface area contributed by atoms with Crippen LogP contribution in [-0.4, -0.2) is 29.4 Å². The predicted octanol–water partition coefficient (Wildman–Crippen LogP) is 2.01. The second-order valence-corrected chi connectivity index (χ2v) is 5.73. The molecule has 0 fully saturated rings. The van der Waals surface area contributed by atoms with E-state index in [4.69, 9.17) is 5.73 Å². The van der Waals surface area contributed by atoms with Gasteiger partial charge in [-0.15, -0.1) is 0 Å². The van der Waals surface area contributed by atoms with Gasteiger partial charge in [0.2, 0.25) is 0 Å². The van der Waals surface area contributed by atoms with Crippen molar-refractivity contribution in [2.24, 2.45) is 7.05 Å². The summed E-state index contributed by atoms with van der Waals surface area (Å²) in [5, 5.41) is 9.01. The summed E-state index contributed by atoms with van der Waals surface area (Å²) in [5.41, 5.74) is 10.2. The first-order valence-electron chi connectivity index (χ1n) is 7.67. The fourth-order valence-electron chi connectivity index (χ4n) is 2.74. The average Bonchev–Trinajstić information content (AvgIpc) is 3.19. The highest BCUT2D eigenvalue weighted by Crippen LogP contribution is 2.23. The van der Waals surface area contributed by atoms with E-state index in [0.29, 0.717) is 17.9 Å². The van der Waals surface area contributed by atoms with Gasteiger partial charge in [0.25, 0.3) is 0 Å². The van der Waals surface area contributed by atoms with E-state index in [2.05, 4.69) is 32.3 Å². The van der Waals surface area contributed by atoms with E-state index in [-0.39, 0.29) is 0 Å². The second kappa shape index (κ2) is 5.45. The fraction of sp³-hybridized carbons (Fsp3) is 0.176. The molecule has 0 saturated heterocycles. The lowest BCUT2D eigenvalue weighted by molar-refractivity contribution is 0.768. The molecule has 3 heterocycles. The molecule has 7 heteroatoms. The zero-order chi connectivity index (χ0) is 16.7. The molecule has 0 amide bonds. The van der Waals surface area contributed by atoms with Gasteiger partial charge in [0.05, 0.1) is 5.69 Å². The molecule has 3 aromatic heterocycles. The van der Waals surface area contributed by atoms with Gasteiger partial charge in [0.1, 0.15) is 11.4 Å². The highest BCUT2D eigenvalue weighted by atomic mass is 15.3. The summed E-state index contributed by atoms with van der Waals surface area (Å²) < 4.78 is 3.49. The standard InChI is InChI=1S/C17H17N7/c1-11-15(13-8-9-23(2)21-13)20-16(18)17-19-14(22-24(11)17)10-12-6-4-3-5-7-12/h3-9H,10H2,1-2H3,(H2,18,20). The van der Waals surface area contributed by atoms with Gasteiger partial charge in [0.15, 0.2) is 17.3 Å². The summed E-state index contributed by atoms with van der Waals surface area (Å²) in [5.74, 6) is 1.07. The van der Waals surface area contributed by atoms with Crippen molar-refractivity contribution in [1.82, 2.24) is 29.4 Å². The monoisotopic (exact) mass is 319 g/mol. The average molecular weight is 319 g/mol. The molecule has 0 unspecified atom stereocenters. The maximum Gasteiger partial charge on any atom is 0.198 e. The minimum atomic E-state index is 0.355. The molecular formula is C17H17N7. The van der Waals surface area contributed by atoms with Crippen LogP contribution in [0.4, 0.5) is 5.82 Å². The number of hydrogen-bond acceptors (Lipinski definition) is 5. The number of hydrogen-bond donors (Lipinski definition) is 1. The van der Waals surface area contributed by atoms with Crippen LogP contribution >= 0.6 is 0 Å². The van der Waals surface area contributed by atoms with E-state index >= 15 is 0 Å². The molecular weight excluding hydrogens is 302 g/mol. The van der Waals surface area contributed by atoms with Crippen LogP contribution in [-0.2, 0) is 13.5 Å². The number of anilines is 1. The molecule has 0 aliphatic heterocycles. The van der Waals surface area contributed by atoms with Gasteiger partial charge in [-0.25, -0.2) is 14.5 Å². The summed E-state index contributed by atoms with van der Waals surface area (Å²) in [6.07, 6.45) is 2.53. The number of nitrogens with zero attached hydrogens (tertiary/aromatic N) is 6. The number of aromatic nitrogens is 6. The fourth-order valence-corrected chi connectivity index (χ4v) is 2.74. The number of nitrogens with two attached hydrogens (primary N) is 1. The molecule has 0 atom stereocenters. The first-order chi connectivity index (χ1) is 11.6.